The van der Waals surface area contributed by atoms with E-state index in [2.05, 4.69) is 12.0 Å². The van der Waals surface area contributed by atoms with Crippen molar-refractivity contribution >= 4 is 5.78 Å². The molecule has 3 heteroatoms. The minimum absolute atomic E-state index is 0.195. The van der Waals surface area contributed by atoms with Gasteiger partial charge in [0.25, 0.3) is 0 Å². The van der Waals surface area contributed by atoms with Crippen LogP contribution in [0.15, 0.2) is 0 Å². The molecule has 2 saturated heterocycles. The number of Topliss-reactive ketones (excluding diaryl/α,β-unsaturated/α-hetero) is 1. The minimum Gasteiger partial charge on any atom is -0.297 e. The minimum atomic E-state index is -0.195. The zero-order valence-electron chi connectivity index (χ0n) is 13.0. The zero-order valence-corrected chi connectivity index (χ0v) is 13.0. The van der Waals surface area contributed by atoms with Crippen molar-refractivity contribution in [2.75, 3.05) is 0 Å². The van der Waals surface area contributed by atoms with Gasteiger partial charge in [-0.05, 0) is 57.3 Å². The Morgan fingerprint density at radius 2 is 1.70 bits per heavy atom. The second-order valence-electron chi connectivity index (χ2n) is 7.28. The average Bonchev–Trinajstić information content (AvgIpc) is 2.39. The van der Waals surface area contributed by atoms with Crippen molar-refractivity contribution in [3.05, 3.63) is 0 Å². The van der Waals surface area contributed by atoms with Crippen molar-refractivity contribution in [3.63, 3.8) is 0 Å². The van der Waals surface area contributed by atoms with E-state index in [1.54, 1.807) is 6.92 Å². The van der Waals surface area contributed by atoms with Crippen LogP contribution in [0.2, 0.25) is 0 Å². The molecule has 4 rings (SSSR count). The molecular weight excluding hydrogens is 250 g/mol. The lowest BCUT2D eigenvalue weighted by Crippen LogP contribution is -2.58. The maximum absolute atomic E-state index is 11.9. The summed E-state index contributed by atoms with van der Waals surface area (Å²) in [5.74, 6) is 2.08. The smallest absolute Gasteiger partial charge is 0.160 e. The number of ketones is 1. The predicted octanol–water partition coefficient (Wildman–Crippen LogP) is 3.72. The fraction of sp³-hybridized carbons (Fsp3) is 0.941. The lowest BCUT2D eigenvalue weighted by Gasteiger charge is -2.55. The first-order valence-electron chi connectivity index (χ1n) is 8.63. The van der Waals surface area contributed by atoms with E-state index in [1.807, 2.05) is 0 Å². The van der Waals surface area contributed by atoms with E-state index in [-0.39, 0.29) is 11.9 Å². The van der Waals surface area contributed by atoms with Gasteiger partial charge in [0.05, 0.1) is 0 Å². The van der Waals surface area contributed by atoms with Gasteiger partial charge < -0.3 is 0 Å². The fourth-order valence-electron chi connectivity index (χ4n) is 4.72. The van der Waals surface area contributed by atoms with Gasteiger partial charge in [-0.1, -0.05) is 26.2 Å². The monoisotopic (exact) mass is 279 g/mol. The van der Waals surface area contributed by atoms with Crippen LogP contribution in [0.1, 0.15) is 71.6 Å². The zero-order chi connectivity index (χ0) is 14.1. The van der Waals surface area contributed by atoms with Crippen LogP contribution >= 0.6 is 0 Å². The Kier molecular flexibility index (Phi) is 4.46. The topological polar surface area (TPSA) is 29.5 Å². The summed E-state index contributed by atoms with van der Waals surface area (Å²) in [6, 6.07) is 1.19. The highest BCUT2D eigenvalue weighted by molar-refractivity contribution is 5.80. The molecule has 0 N–H and O–H groups in total. The number of hydrogen-bond acceptors (Lipinski definition) is 3. The van der Waals surface area contributed by atoms with Crippen LogP contribution in [0, 0.1) is 11.8 Å². The quantitative estimate of drug-likeness (QED) is 0.665. The molecule has 2 saturated carbocycles. The molecule has 4 bridgehead atoms. The number of piperidine rings is 2. The molecule has 2 aliphatic heterocycles. The predicted molar refractivity (Wildman–Crippen MR) is 79.2 cm³/mol. The van der Waals surface area contributed by atoms with Crippen molar-refractivity contribution < 1.29 is 9.63 Å². The molecular formula is C17H29NO2. The molecule has 0 amide bonds. The highest BCUT2D eigenvalue weighted by Crippen LogP contribution is 2.49. The molecule has 4 fully saturated rings. The number of hydrogen-bond donors (Lipinski definition) is 0. The van der Waals surface area contributed by atoms with Crippen LogP contribution in [0.4, 0.5) is 0 Å². The number of nitrogens with zero attached hydrogens (tertiary/aromatic N) is 1. The lowest BCUT2D eigenvalue weighted by atomic mass is 9.64. The second-order valence-corrected chi connectivity index (χ2v) is 7.28. The number of rotatable bonds is 7. The molecule has 2 aliphatic carbocycles. The Hall–Kier alpha value is -0.410. The fourth-order valence-corrected chi connectivity index (χ4v) is 4.72. The summed E-state index contributed by atoms with van der Waals surface area (Å²) < 4.78 is 0. The lowest BCUT2D eigenvalue weighted by molar-refractivity contribution is -0.285. The third-order valence-electron chi connectivity index (χ3n) is 5.58. The van der Waals surface area contributed by atoms with Crippen molar-refractivity contribution in [2.24, 2.45) is 11.8 Å². The molecule has 0 aromatic carbocycles. The summed E-state index contributed by atoms with van der Waals surface area (Å²) in [7, 11) is 0. The Bertz CT molecular complexity index is 327. The van der Waals surface area contributed by atoms with Crippen LogP contribution in [0.3, 0.4) is 0 Å². The van der Waals surface area contributed by atoms with E-state index >= 15 is 0 Å². The van der Waals surface area contributed by atoms with Crippen LogP contribution in [-0.2, 0) is 9.63 Å². The standard InChI is InChI=1S/C17H29NO2/c1-3-4-5-6-17(12(2)19)20-18-15-8-13-7-14(10-15)11-16(18)9-13/h13-17H,3-11H2,1-2H3. The molecule has 0 aromatic heterocycles. The van der Waals surface area contributed by atoms with Crippen LogP contribution in [-0.4, -0.2) is 29.0 Å². The third-order valence-corrected chi connectivity index (χ3v) is 5.58. The first-order valence-corrected chi connectivity index (χ1v) is 8.63. The third kappa shape index (κ3) is 2.94. The van der Waals surface area contributed by atoms with Gasteiger partial charge in [0, 0.05) is 12.1 Å². The first-order chi connectivity index (χ1) is 9.67. The second kappa shape index (κ2) is 6.15. The number of carbonyl (C=O) groups excluding carboxylic acids is 1. The van der Waals surface area contributed by atoms with Gasteiger partial charge in [-0.15, -0.1) is 0 Å². The van der Waals surface area contributed by atoms with E-state index < -0.39 is 0 Å². The highest BCUT2D eigenvalue weighted by Gasteiger charge is 2.48. The summed E-state index contributed by atoms with van der Waals surface area (Å²) >= 11 is 0. The summed E-state index contributed by atoms with van der Waals surface area (Å²) in [6.07, 6.45) is 10.8. The molecule has 20 heavy (non-hydrogen) atoms. The normalized spacial score (nSPS) is 37.3. The molecule has 0 radical (unpaired) electrons. The Morgan fingerprint density at radius 1 is 1.10 bits per heavy atom. The van der Waals surface area contributed by atoms with Gasteiger partial charge >= 0.3 is 0 Å². The summed E-state index contributed by atoms with van der Waals surface area (Å²) in [6.45, 7) is 3.89. The summed E-state index contributed by atoms with van der Waals surface area (Å²) in [4.78, 5) is 18.1. The molecule has 2 heterocycles. The van der Waals surface area contributed by atoms with Crippen LogP contribution < -0.4 is 0 Å². The number of unbranched alkanes of at least 4 members (excludes halogenated alkanes) is 2. The highest BCUT2D eigenvalue weighted by atomic mass is 16.7. The van der Waals surface area contributed by atoms with Crippen LogP contribution in [0.25, 0.3) is 0 Å². The van der Waals surface area contributed by atoms with E-state index in [1.165, 1.54) is 44.9 Å². The summed E-state index contributed by atoms with van der Waals surface area (Å²) in [5, 5.41) is 2.25. The Balaban J connectivity index is 1.59. The maximum Gasteiger partial charge on any atom is 0.160 e. The molecule has 0 spiro atoms. The molecule has 0 aromatic rings. The van der Waals surface area contributed by atoms with Crippen molar-refractivity contribution in [1.82, 2.24) is 5.06 Å². The SMILES string of the molecule is CCCCCC(ON1C2CC3CC(C2)CC1C3)C(C)=O. The summed E-state index contributed by atoms with van der Waals surface area (Å²) in [5.41, 5.74) is 0. The van der Waals surface area contributed by atoms with E-state index in [0.29, 0.717) is 12.1 Å². The van der Waals surface area contributed by atoms with E-state index in [9.17, 15) is 4.79 Å². The van der Waals surface area contributed by atoms with Crippen molar-refractivity contribution in [3.8, 4) is 0 Å². The Morgan fingerprint density at radius 3 is 2.20 bits per heavy atom. The molecule has 114 valence electrons. The van der Waals surface area contributed by atoms with Gasteiger partial charge in [-0.25, -0.2) is 0 Å². The molecule has 3 nitrogen and oxygen atoms in total. The van der Waals surface area contributed by atoms with Gasteiger partial charge in [-0.3, -0.25) is 9.63 Å². The first kappa shape index (κ1) is 14.5. The number of carbonyl (C=O) groups is 1. The largest absolute Gasteiger partial charge is 0.297 e. The van der Waals surface area contributed by atoms with E-state index in [4.69, 9.17) is 4.84 Å². The van der Waals surface area contributed by atoms with Crippen molar-refractivity contribution in [2.45, 2.75) is 89.8 Å². The Labute approximate surface area is 123 Å². The average molecular weight is 279 g/mol. The van der Waals surface area contributed by atoms with Gasteiger partial charge in [-0.2, -0.15) is 5.06 Å². The van der Waals surface area contributed by atoms with Gasteiger partial charge in [0.15, 0.2) is 5.78 Å². The molecule has 1 atom stereocenters. The van der Waals surface area contributed by atoms with E-state index in [0.717, 1.165) is 24.7 Å². The van der Waals surface area contributed by atoms with Crippen LogP contribution in [0.5, 0.6) is 0 Å². The molecule has 1 unspecified atom stereocenters. The maximum atomic E-state index is 11.9. The van der Waals surface area contributed by atoms with Gasteiger partial charge in [0.2, 0.25) is 0 Å². The molecule has 4 aliphatic rings. The number of hydroxylamine groups is 2. The van der Waals surface area contributed by atoms with Gasteiger partial charge in [0.1, 0.15) is 6.10 Å². The van der Waals surface area contributed by atoms with Crippen molar-refractivity contribution in [1.29, 1.82) is 0 Å².